The molecular weight excluding hydrogens is 204 g/mol. The molecule has 0 amide bonds. The van der Waals surface area contributed by atoms with Gasteiger partial charge in [-0.25, -0.2) is 4.79 Å². The summed E-state index contributed by atoms with van der Waals surface area (Å²) >= 11 is 1.11. The normalized spacial score (nSPS) is 10.4. The van der Waals surface area contributed by atoms with E-state index in [2.05, 4.69) is 10.2 Å². The molecule has 2 aromatic heterocycles. The summed E-state index contributed by atoms with van der Waals surface area (Å²) in [5.41, 5.74) is 0. The molecule has 0 bridgehead atoms. The summed E-state index contributed by atoms with van der Waals surface area (Å²) < 4.78 is 5.16. The molecule has 6 heteroatoms. The molecule has 14 heavy (non-hydrogen) atoms. The number of aryl methyl sites for hydroxylation is 1. The lowest BCUT2D eigenvalue weighted by atomic mass is 10.4. The monoisotopic (exact) mass is 210 g/mol. The highest BCUT2D eigenvalue weighted by Crippen LogP contribution is 2.26. The van der Waals surface area contributed by atoms with Crippen LogP contribution in [0.2, 0.25) is 0 Å². The van der Waals surface area contributed by atoms with Crippen LogP contribution in [0.4, 0.5) is 0 Å². The third kappa shape index (κ3) is 1.51. The second-order valence-electron chi connectivity index (χ2n) is 2.60. The summed E-state index contributed by atoms with van der Waals surface area (Å²) in [5, 5.41) is 16.1. The Labute approximate surface area is 83.0 Å². The van der Waals surface area contributed by atoms with Gasteiger partial charge < -0.3 is 9.52 Å². The summed E-state index contributed by atoms with van der Waals surface area (Å²) in [6.45, 7) is 1.68. The Balaban J connectivity index is 2.38. The van der Waals surface area contributed by atoms with Crippen LogP contribution in [0.15, 0.2) is 16.5 Å². The SMILES string of the molecule is Cc1nnc(-c2ccc(C(=O)O)s2)o1. The standard InChI is InChI=1S/C8H6N2O3S/c1-4-9-10-7(13-4)5-2-3-6(14-5)8(11)12/h2-3H,1H3,(H,11,12). The van der Waals surface area contributed by atoms with Gasteiger partial charge in [0.1, 0.15) is 4.88 Å². The van der Waals surface area contributed by atoms with Crippen LogP contribution in [0.3, 0.4) is 0 Å². The van der Waals surface area contributed by atoms with Gasteiger partial charge in [0, 0.05) is 6.92 Å². The quantitative estimate of drug-likeness (QED) is 0.817. The summed E-state index contributed by atoms with van der Waals surface area (Å²) in [6, 6.07) is 3.17. The van der Waals surface area contributed by atoms with Crippen molar-refractivity contribution < 1.29 is 14.3 Å². The lowest BCUT2D eigenvalue weighted by Gasteiger charge is -1.85. The molecule has 0 aromatic carbocycles. The van der Waals surface area contributed by atoms with Crippen LogP contribution in [0.1, 0.15) is 15.6 Å². The molecule has 1 N–H and O–H groups in total. The van der Waals surface area contributed by atoms with Crippen LogP contribution in [0.25, 0.3) is 10.8 Å². The summed E-state index contributed by atoms with van der Waals surface area (Å²) in [7, 11) is 0. The summed E-state index contributed by atoms with van der Waals surface area (Å²) in [6.07, 6.45) is 0. The number of nitrogens with zero attached hydrogens (tertiary/aromatic N) is 2. The molecule has 0 spiro atoms. The fraction of sp³-hybridized carbons (Fsp3) is 0.125. The number of carboxylic acids is 1. The molecule has 0 saturated heterocycles. The molecule has 0 fully saturated rings. The van der Waals surface area contributed by atoms with Gasteiger partial charge in [0.2, 0.25) is 5.89 Å². The van der Waals surface area contributed by atoms with E-state index in [1.54, 1.807) is 13.0 Å². The number of aromatic nitrogens is 2. The number of rotatable bonds is 2. The highest BCUT2D eigenvalue weighted by atomic mass is 32.1. The molecule has 0 aliphatic rings. The van der Waals surface area contributed by atoms with Crippen molar-refractivity contribution in [3.05, 3.63) is 22.9 Å². The van der Waals surface area contributed by atoms with E-state index in [0.717, 1.165) is 11.3 Å². The fourth-order valence-electron chi connectivity index (χ4n) is 0.964. The minimum Gasteiger partial charge on any atom is -0.477 e. The van der Waals surface area contributed by atoms with Gasteiger partial charge in [0.05, 0.1) is 4.88 Å². The molecule has 72 valence electrons. The number of thiophene rings is 1. The molecule has 0 aliphatic carbocycles. The van der Waals surface area contributed by atoms with E-state index in [0.29, 0.717) is 16.7 Å². The molecule has 0 aliphatic heterocycles. The molecule has 2 aromatic rings. The van der Waals surface area contributed by atoms with E-state index >= 15 is 0 Å². The Morgan fingerprint density at radius 2 is 2.29 bits per heavy atom. The van der Waals surface area contributed by atoms with Crippen LogP contribution >= 0.6 is 11.3 Å². The molecule has 0 saturated carbocycles. The molecule has 0 unspecified atom stereocenters. The molecule has 5 nitrogen and oxygen atoms in total. The zero-order valence-corrected chi connectivity index (χ0v) is 8.04. The van der Waals surface area contributed by atoms with Crippen molar-refractivity contribution in [2.75, 3.05) is 0 Å². The van der Waals surface area contributed by atoms with Crippen LogP contribution in [-0.2, 0) is 0 Å². The summed E-state index contributed by atoms with van der Waals surface area (Å²) in [4.78, 5) is 11.5. The van der Waals surface area contributed by atoms with Gasteiger partial charge in [-0.2, -0.15) is 0 Å². The minimum absolute atomic E-state index is 0.260. The molecule has 2 rings (SSSR count). The van der Waals surface area contributed by atoms with Gasteiger partial charge in [0.25, 0.3) is 5.89 Å². The van der Waals surface area contributed by atoms with E-state index in [4.69, 9.17) is 9.52 Å². The Morgan fingerprint density at radius 3 is 2.79 bits per heavy atom. The van der Waals surface area contributed by atoms with E-state index in [1.165, 1.54) is 6.07 Å². The predicted molar refractivity (Wildman–Crippen MR) is 49.3 cm³/mol. The Kier molecular flexibility index (Phi) is 2.05. The third-order valence-electron chi connectivity index (χ3n) is 1.55. The first-order valence-electron chi connectivity index (χ1n) is 3.80. The fourth-order valence-corrected chi connectivity index (χ4v) is 1.73. The smallest absolute Gasteiger partial charge is 0.345 e. The first kappa shape index (κ1) is 8.89. The lowest BCUT2D eigenvalue weighted by Crippen LogP contribution is -1.89. The van der Waals surface area contributed by atoms with E-state index in [-0.39, 0.29) is 4.88 Å². The van der Waals surface area contributed by atoms with E-state index in [9.17, 15) is 4.79 Å². The van der Waals surface area contributed by atoms with Crippen molar-refractivity contribution in [2.45, 2.75) is 6.92 Å². The first-order chi connectivity index (χ1) is 6.66. The van der Waals surface area contributed by atoms with Gasteiger partial charge in [0.15, 0.2) is 0 Å². The zero-order chi connectivity index (χ0) is 10.1. The van der Waals surface area contributed by atoms with Crippen molar-refractivity contribution in [2.24, 2.45) is 0 Å². The average Bonchev–Trinajstić information content (AvgIpc) is 2.70. The Bertz CT molecular complexity index is 474. The highest BCUT2D eigenvalue weighted by Gasteiger charge is 2.12. The number of carboxylic acid groups (broad SMARTS) is 1. The van der Waals surface area contributed by atoms with Crippen molar-refractivity contribution in [3.8, 4) is 10.8 Å². The van der Waals surface area contributed by atoms with Gasteiger partial charge >= 0.3 is 5.97 Å². The second kappa shape index (κ2) is 3.22. The van der Waals surface area contributed by atoms with Crippen LogP contribution < -0.4 is 0 Å². The second-order valence-corrected chi connectivity index (χ2v) is 3.68. The van der Waals surface area contributed by atoms with E-state index in [1.807, 2.05) is 0 Å². The zero-order valence-electron chi connectivity index (χ0n) is 7.22. The maximum atomic E-state index is 10.6. The lowest BCUT2D eigenvalue weighted by molar-refractivity contribution is 0.0702. The number of carbonyl (C=O) groups is 1. The minimum atomic E-state index is -0.947. The molecule has 2 heterocycles. The number of aromatic carboxylic acids is 1. The van der Waals surface area contributed by atoms with Crippen molar-refractivity contribution in [3.63, 3.8) is 0 Å². The van der Waals surface area contributed by atoms with Crippen LogP contribution in [0, 0.1) is 6.92 Å². The van der Waals surface area contributed by atoms with Crippen molar-refractivity contribution in [1.29, 1.82) is 0 Å². The number of hydrogen-bond donors (Lipinski definition) is 1. The van der Waals surface area contributed by atoms with Crippen molar-refractivity contribution in [1.82, 2.24) is 10.2 Å². The largest absolute Gasteiger partial charge is 0.477 e. The van der Waals surface area contributed by atoms with Crippen LogP contribution in [-0.4, -0.2) is 21.3 Å². The van der Waals surface area contributed by atoms with E-state index < -0.39 is 5.97 Å². The Morgan fingerprint density at radius 1 is 1.50 bits per heavy atom. The van der Waals surface area contributed by atoms with Crippen molar-refractivity contribution >= 4 is 17.3 Å². The first-order valence-corrected chi connectivity index (χ1v) is 4.62. The number of hydrogen-bond acceptors (Lipinski definition) is 5. The molecular formula is C8H6N2O3S. The maximum Gasteiger partial charge on any atom is 0.345 e. The van der Waals surface area contributed by atoms with Gasteiger partial charge in [-0.15, -0.1) is 21.5 Å². The third-order valence-corrected chi connectivity index (χ3v) is 2.61. The predicted octanol–water partition coefficient (Wildman–Crippen LogP) is 1.80. The van der Waals surface area contributed by atoms with Gasteiger partial charge in [-0.05, 0) is 12.1 Å². The van der Waals surface area contributed by atoms with Gasteiger partial charge in [-0.3, -0.25) is 0 Å². The molecule has 0 radical (unpaired) electrons. The topological polar surface area (TPSA) is 76.2 Å². The van der Waals surface area contributed by atoms with Gasteiger partial charge in [-0.1, -0.05) is 0 Å². The Hall–Kier alpha value is -1.69. The maximum absolute atomic E-state index is 10.6. The summed E-state index contributed by atoms with van der Waals surface area (Å²) in [5.74, 6) is -0.122. The molecule has 0 atom stereocenters. The highest BCUT2D eigenvalue weighted by molar-refractivity contribution is 7.17. The average molecular weight is 210 g/mol. The van der Waals surface area contributed by atoms with Crippen LogP contribution in [0.5, 0.6) is 0 Å².